The number of pyridine rings is 4. The van der Waals surface area contributed by atoms with Crippen LogP contribution in [0, 0.1) is 0 Å². The lowest BCUT2D eigenvalue weighted by molar-refractivity contribution is -0.120. The Morgan fingerprint density at radius 1 is 0.267 bits per heavy atom. The molecule has 0 aliphatic carbocycles. The van der Waals surface area contributed by atoms with E-state index in [2.05, 4.69) is 87.4 Å². The first kappa shape index (κ1) is 116. The number of halogens is 16. The molecule has 0 aliphatic rings. The number of carbonyl (C=O) groups is 10. The maximum atomic E-state index is 13.0. The van der Waals surface area contributed by atoms with Crippen LogP contribution in [0.3, 0.4) is 0 Å². The number of benzene rings is 10. The molecule has 5 aromatic heterocycles. The number of nitrogens with two attached hydrogens (primary N) is 5. The molecule has 15 aromatic rings. The van der Waals surface area contributed by atoms with Crippen molar-refractivity contribution >= 4 is 278 Å². The molecule has 0 saturated heterocycles. The number of furan rings is 1. The highest BCUT2D eigenvalue weighted by Crippen LogP contribution is 2.35. The minimum Gasteiger partial charge on any atom is -0.458 e. The molecule has 5 atom stereocenters. The van der Waals surface area contributed by atoms with Crippen LogP contribution in [0.4, 0.5) is 0 Å². The lowest BCUT2D eigenvalue weighted by Crippen LogP contribution is -2.34. The smallest absolute Gasteiger partial charge is 0.287 e. The summed E-state index contributed by atoms with van der Waals surface area (Å²) < 4.78 is 5.75. The molecule has 0 spiro atoms. The molecule has 15 rings (SSSR count). The van der Waals surface area contributed by atoms with Crippen molar-refractivity contribution in [1.82, 2.24) is 46.5 Å². The molecular formula is C104H73BrCl15N19O11. The fourth-order valence-corrected chi connectivity index (χ4v) is 15.3. The van der Waals surface area contributed by atoms with Crippen molar-refractivity contribution in [1.29, 1.82) is 0 Å². The van der Waals surface area contributed by atoms with Crippen LogP contribution in [0.25, 0.3) is 0 Å². The van der Waals surface area contributed by atoms with Crippen molar-refractivity contribution in [2.45, 2.75) is 30.2 Å². The summed E-state index contributed by atoms with van der Waals surface area (Å²) in [7, 11) is 0. The minimum atomic E-state index is -1.20. The monoisotopic (exact) mass is 2370 g/mol. The van der Waals surface area contributed by atoms with Gasteiger partial charge in [0.2, 0.25) is 0 Å². The number of nitrogens with one attached hydrogen (secondary N) is 5. The minimum absolute atomic E-state index is 0.00103. The second-order valence-corrected chi connectivity index (χ2v) is 37.7. The molecule has 30 nitrogen and oxygen atoms in total. The fraction of sp³-hybridized carbons (Fsp3) is 0.0481. The van der Waals surface area contributed by atoms with Crippen LogP contribution in [0.1, 0.15) is 138 Å². The van der Waals surface area contributed by atoms with E-state index in [1.165, 1.54) is 140 Å². The quantitative estimate of drug-likeness (QED) is 0.0144. The van der Waals surface area contributed by atoms with Gasteiger partial charge in [-0.2, -0.15) is 25.0 Å². The zero-order chi connectivity index (χ0) is 109. The van der Waals surface area contributed by atoms with Gasteiger partial charge in [-0.25, -0.2) is 9.97 Å². The second kappa shape index (κ2) is 56.5. The third kappa shape index (κ3) is 34.2. The van der Waals surface area contributed by atoms with E-state index < -0.39 is 89.3 Å². The molecule has 15 N–H and O–H groups in total. The van der Waals surface area contributed by atoms with Crippen LogP contribution in [-0.2, 0) is 24.0 Å². The van der Waals surface area contributed by atoms with Crippen molar-refractivity contribution in [2.24, 2.45) is 53.6 Å². The van der Waals surface area contributed by atoms with Crippen LogP contribution in [0.5, 0.6) is 0 Å². The van der Waals surface area contributed by atoms with Gasteiger partial charge < -0.3 is 59.7 Å². The van der Waals surface area contributed by atoms with Gasteiger partial charge >= 0.3 is 0 Å². The zero-order valence-electron chi connectivity index (χ0n) is 76.4. The van der Waals surface area contributed by atoms with Crippen LogP contribution in [0.15, 0.2) is 356 Å². The van der Waals surface area contributed by atoms with E-state index in [9.17, 15) is 47.9 Å². The SMILES string of the molecule is NC(=NC(=O)C(NC(=O)c1cc(Br)co1)c1ccc(Cl)c(Cl)c1)c1ccccc1.NC(=NC(=O)C(NC(=O)c1cc(Cl)ccn1)c1ccc(Cl)c(Cl)c1)c1ccccc1.NC(=NC(=O)C(NC(=O)c1ccc(Cl)nc1)c1ccc(Cl)c(Cl)c1)c1ccccc1.NC(=NC(=O)C(NC(=O)c1cnc(Cl)c(Cl)c1)c1ccc(Cl)c(Cl)c1)c1ccccc1.NC(=NC(=O)C(NC(=O)c1cncc(Cl)c1)c1ccc(Cl)c(Cl)c1)c1ccccc1. The number of carbonyl (C=O) groups excluding carboxylic acids is 10. The summed E-state index contributed by atoms with van der Waals surface area (Å²) >= 11 is 92.8. The molecule has 5 heterocycles. The van der Waals surface area contributed by atoms with E-state index >= 15 is 0 Å². The Kier molecular flexibility index (Phi) is 43.8. The van der Waals surface area contributed by atoms with E-state index in [1.54, 1.807) is 152 Å². The van der Waals surface area contributed by atoms with Crippen molar-refractivity contribution in [3.63, 3.8) is 0 Å². The molecule has 46 heteroatoms. The molecule has 10 aromatic carbocycles. The summed E-state index contributed by atoms with van der Waals surface area (Å²) in [4.78, 5) is 163. The molecule has 0 saturated carbocycles. The maximum Gasteiger partial charge on any atom is 0.287 e. The first-order valence-electron chi connectivity index (χ1n) is 43.0. The average Bonchev–Trinajstić information content (AvgIpc) is 0.912. The number of amidine groups is 5. The molecule has 5 unspecified atom stereocenters. The first-order valence-corrected chi connectivity index (χ1v) is 49.5. The number of aliphatic imine (C=N–C) groups is 5. The Hall–Kier alpha value is -14.0. The lowest BCUT2D eigenvalue weighted by atomic mass is 10.1. The third-order valence-electron chi connectivity index (χ3n) is 20.3. The Morgan fingerprint density at radius 3 is 0.847 bits per heavy atom. The van der Waals surface area contributed by atoms with Gasteiger partial charge in [-0.05, 0) is 141 Å². The maximum absolute atomic E-state index is 13.0. The van der Waals surface area contributed by atoms with Crippen molar-refractivity contribution in [3.8, 4) is 0 Å². The van der Waals surface area contributed by atoms with E-state index in [-0.39, 0.29) is 103 Å². The molecule has 762 valence electrons. The van der Waals surface area contributed by atoms with E-state index in [0.717, 1.165) is 0 Å². The Balaban J connectivity index is 0.000000178. The number of nitrogens with zero attached hydrogens (tertiary/aromatic N) is 9. The highest BCUT2D eigenvalue weighted by molar-refractivity contribution is 9.10. The number of amides is 10. The van der Waals surface area contributed by atoms with Crippen molar-refractivity contribution in [3.05, 3.63) is 486 Å². The highest BCUT2D eigenvalue weighted by atomic mass is 79.9. The fourth-order valence-electron chi connectivity index (χ4n) is 12.8. The summed E-state index contributed by atoms with van der Waals surface area (Å²) in [6.45, 7) is 0. The largest absolute Gasteiger partial charge is 0.458 e. The summed E-state index contributed by atoms with van der Waals surface area (Å²) in [5.74, 6) is -6.28. The lowest BCUT2D eigenvalue weighted by Gasteiger charge is -2.17. The topological polar surface area (TPSA) is 487 Å². The van der Waals surface area contributed by atoms with E-state index in [4.69, 9.17) is 207 Å². The van der Waals surface area contributed by atoms with E-state index in [1.807, 2.05) is 30.3 Å². The normalized spacial score (nSPS) is 12.3. The third-order valence-corrected chi connectivity index (χ3v) is 25.7. The number of hydrogen-bond acceptors (Lipinski definition) is 15. The number of aromatic nitrogens is 4. The zero-order valence-corrected chi connectivity index (χ0v) is 89.4. The first-order chi connectivity index (χ1) is 71.6. The molecule has 10 amide bonds. The Bertz CT molecular complexity index is 7490. The molecule has 0 fully saturated rings. The van der Waals surface area contributed by atoms with Gasteiger partial charge in [-0.15, -0.1) is 0 Å². The standard InChI is InChI=1S/C21H14Cl4N4O2.3C21H15Cl3N4O2.C20H14BrCl2N3O3/c22-14-7-6-12(8-15(14)23)17(21(31)29-19(26)11-4-2-1-3-5-11)28-20(30)13-9-16(24)18(25)27-10-13;22-15-8-6-13(10-16(15)23)18(27-20(29)14-7-9-17(24)26-11-14)21(30)28-19(25)12-4-2-1-3-5-12;22-15-8-14(10-26-11-15)20(29)27-18(13-6-7-16(23)17(24)9-13)21(30)28-19(25)12-4-2-1-3-5-12;22-14-8-9-26-17(11-14)20(29)27-18(13-6-7-15(23)16(24)10-13)21(30)28-19(25)12-4-2-1-3-5-12;21-13-9-16(29-10-13)19(27)25-17(12-6-7-14(22)15(23)8-12)20(28)26-18(24)11-4-2-1-3-5-11/h1-10,17H,(H,28,30)(H2,26,29,31);3*1-11,18H,(H,27,29)(H2,25,28,30);1-10,17H,(H,25,27)(H2,24,26,28). The second-order valence-electron chi connectivity index (χ2n) is 30.7. The van der Waals surface area contributed by atoms with Gasteiger partial charge in [-0.3, -0.25) is 57.9 Å². The Morgan fingerprint density at radius 2 is 0.567 bits per heavy atom. The number of rotatable bonds is 25. The highest BCUT2D eigenvalue weighted by Gasteiger charge is 2.32. The summed E-state index contributed by atoms with van der Waals surface area (Å²) in [5, 5.41) is 16.7. The van der Waals surface area contributed by atoms with Gasteiger partial charge in [0.05, 0.1) is 81.4 Å². The van der Waals surface area contributed by atoms with Gasteiger partial charge in [0.25, 0.3) is 59.1 Å². The average molecular weight is 2380 g/mol. The molecule has 0 aliphatic heterocycles. The predicted octanol–water partition coefficient (Wildman–Crippen LogP) is 23.2. The van der Waals surface area contributed by atoms with Crippen LogP contribution < -0.4 is 55.3 Å². The summed E-state index contributed by atoms with van der Waals surface area (Å²) in [5.41, 5.74) is 35.2. The van der Waals surface area contributed by atoms with Crippen molar-refractivity contribution < 1.29 is 52.4 Å². The van der Waals surface area contributed by atoms with Gasteiger partial charge in [0, 0.05) is 69.9 Å². The summed E-state index contributed by atoms with van der Waals surface area (Å²) in [6.07, 6.45) is 8.01. The summed E-state index contributed by atoms with van der Waals surface area (Å²) in [6, 6.07) is 71.1. The van der Waals surface area contributed by atoms with Gasteiger partial charge in [-0.1, -0.05) is 356 Å². The Labute approximate surface area is 938 Å². The van der Waals surface area contributed by atoms with Gasteiger partial charge in [0.1, 0.15) is 81.7 Å². The van der Waals surface area contributed by atoms with Crippen LogP contribution in [-0.4, -0.2) is 108 Å². The molecule has 150 heavy (non-hydrogen) atoms. The predicted molar refractivity (Wildman–Crippen MR) is 593 cm³/mol. The van der Waals surface area contributed by atoms with E-state index in [0.29, 0.717) is 90.2 Å². The number of hydrogen-bond donors (Lipinski definition) is 10. The van der Waals surface area contributed by atoms with Crippen molar-refractivity contribution in [2.75, 3.05) is 0 Å². The molecule has 0 radical (unpaired) electrons. The van der Waals surface area contributed by atoms with Crippen LogP contribution in [0.2, 0.25) is 75.6 Å². The molecule has 0 bridgehead atoms. The molecular weight excluding hydrogens is 2300 g/mol. The van der Waals surface area contributed by atoms with Crippen LogP contribution >= 0.6 is 190 Å². The van der Waals surface area contributed by atoms with Gasteiger partial charge in [0.15, 0.2) is 5.76 Å².